The first kappa shape index (κ1) is 20.3. The van der Waals surface area contributed by atoms with E-state index in [4.69, 9.17) is 9.47 Å². The summed E-state index contributed by atoms with van der Waals surface area (Å²) < 4.78 is 10.3. The lowest BCUT2D eigenvalue weighted by Gasteiger charge is -2.18. The smallest absolute Gasteiger partial charge is 0.339 e. The zero-order valence-electron chi connectivity index (χ0n) is 16.3. The van der Waals surface area contributed by atoms with Gasteiger partial charge < -0.3 is 14.4 Å². The van der Waals surface area contributed by atoms with Crippen LogP contribution in [0.15, 0.2) is 42.5 Å². The van der Waals surface area contributed by atoms with Gasteiger partial charge in [-0.3, -0.25) is 14.9 Å². The Balaban J connectivity index is 1.74. The molecule has 0 bridgehead atoms. The molecule has 1 heterocycles. The number of ether oxygens (including phenoxy) is 2. The van der Waals surface area contributed by atoms with Gasteiger partial charge in [0.1, 0.15) is 11.4 Å². The summed E-state index contributed by atoms with van der Waals surface area (Å²) in [7, 11) is 1.52. The zero-order valence-corrected chi connectivity index (χ0v) is 16.3. The summed E-state index contributed by atoms with van der Waals surface area (Å²) in [6, 6.07) is 10.7. The third-order valence-corrected chi connectivity index (χ3v) is 4.88. The number of anilines is 1. The summed E-state index contributed by atoms with van der Waals surface area (Å²) in [6.07, 6.45) is 0.922. The van der Waals surface area contributed by atoms with E-state index in [2.05, 4.69) is 0 Å². The van der Waals surface area contributed by atoms with Gasteiger partial charge in [0.15, 0.2) is 6.10 Å². The van der Waals surface area contributed by atoms with Gasteiger partial charge >= 0.3 is 5.97 Å². The van der Waals surface area contributed by atoms with Gasteiger partial charge in [-0.15, -0.1) is 0 Å². The average molecular weight is 398 g/mol. The van der Waals surface area contributed by atoms with Crippen LogP contribution in [0.5, 0.6) is 5.75 Å². The number of Topliss-reactive ketones (excluding diaryl/α,β-unsaturated/α-hetero) is 1. The first-order valence-electron chi connectivity index (χ1n) is 9.33. The van der Waals surface area contributed by atoms with Gasteiger partial charge in [0, 0.05) is 24.7 Å². The third kappa shape index (κ3) is 4.53. The van der Waals surface area contributed by atoms with Crippen molar-refractivity contribution in [3.8, 4) is 5.75 Å². The molecule has 8 heteroatoms. The number of methoxy groups -OCH3 is 1. The number of nitrogens with zero attached hydrogens (tertiary/aromatic N) is 2. The van der Waals surface area contributed by atoms with E-state index < -0.39 is 17.0 Å². The van der Waals surface area contributed by atoms with Gasteiger partial charge in [-0.05, 0) is 56.2 Å². The standard InChI is InChI=1S/C21H22N2O6/c1-14(20(24)15-5-8-17(28-2)9-6-15)29-21(25)16-7-10-18(19(13-16)23(26)27)22-11-3-4-12-22/h5-10,13-14H,3-4,11-12H2,1-2H3. The maximum absolute atomic E-state index is 12.5. The Kier molecular flexibility index (Phi) is 6.11. The predicted molar refractivity (Wildman–Crippen MR) is 107 cm³/mol. The quantitative estimate of drug-likeness (QED) is 0.304. The van der Waals surface area contributed by atoms with E-state index in [1.54, 1.807) is 30.3 Å². The lowest BCUT2D eigenvalue weighted by molar-refractivity contribution is -0.384. The molecular weight excluding hydrogens is 376 g/mol. The minimum absolute atomic E-state index is 0.0361. The van der Waals surface area contributed by atoms with E-state index in [0.717, 1.165) is 25.9 Å². The second-order valence-electron chi connectivity index (χ2n) is 6.80. The molecule has 152 valence electrons. The minimum Gasteiger partial charge on any atom is -0.497 e. The van der Waals surface area contributed by atoms with Gasteiger partial charge in [0.2, 0.25) is 5.78 Å². The van der Waals surface area contributed by atoms with E-state index in [9.17, 15) is 19.7 Å². The number of ketones is 1. The maximum atomic E-state index is 12.5. The molecule has 2 aromatic rings. The number of hydrogen-bond donors (Lipinski definition) is 0. The molecule has 1 unspecified atom stereocenters. The molecule has 1 aliphatic rings. The van der Waals surface area contributed by atoms with Gasteiger partial charge in [0.05, 0.1) is 17.6 Å². The van der Waals surface area contributed by atoms with Gasteiger partial charge in [-0.25, -0.2) is 4.79 Å². The number of nitro benzene ring substituents is 1. The number of rotatable bonds is 7. The average Bonchev–Trinajstić information content (AvgIpc) is 3.27. The number of carbonyl (C=O) groups excluding carboxylic acids is 2. The third-order valence-electron chi connectivity index (χ3n) is 4.88. The van der Waals surface area contributed by atoms with Crippen LogP contribution in [0.25, 0.3) is 0 Å². The zero-order chi connectivity index (χ0) is 21.0. The number of nitro groups is 1. The molecule has 0 N–H and O–H groups in total. The highest BCUT2D eigenvalue weighted by molar-refractivity contribution is 6.01. The Morgan fingerprint density at radius 2 is 1.69 bits per heavy atom. The Morgan fingerprint density at radius 3 is 2.28 bits per heavy atom. The molecular formula is C21H22N2O6. The molecule has 1 atom stereocenters. The fraction of sp³-hybridized carbons (Fsp3) is 0.333. The Hall–Kier alpha value is -3.42. The fourth-order valence-electron chi connectivity index (χ4n) is 3.29. The molecule has 3 rings (SSSR count). The fourth-order valence-corrected chi connectivity index (χ4v) is 3.29. The molecule has 0 aromatic heterocycles. The van der Waals surface area contributed by atoms with Crippen molar-refractivity contribution >= 4 is 23.1 Å². The molecule has 1 fully saturated rings. The molecule has 0 amide bonds. The highest BCUT2D eigenvalue weighted by Crippen LogP contribution is 2.32. The van der Waals surface area contributed by atoms with Crippen LogP contribution in [0.2, 0.25) is 0 Å². The van der Waals surface area contributed by atoms with Gasteiger partial charge in [0.25, 0.3) is 5.69 Å². The normalized spacial score (nSPS) is 14.3. The van der Waals surface area contributed by atoms with Crippen molar-refractivity contribution in [2.45, 2.75) is 25.9 Å². The van der Waals surface area contributed by atoms with Crippen molar-refractivity contribution < 1.29 is 24.0 Å². The molecule has 0 radical (unpaired) electrons. The van der Waals surface area contributed by atoms with E-state index in [1.165, 1.54) is 26.2 Å². The number of esters is 1. The lowest BCUT2D eigenvalue weighted by atomic mass is 10.1. The van der Waals surface area contributed by atoms with Crippen molar-refractivity contribution in [1.82, 2.24) is 0 Å². The van der Waals surface area contributed by atoms with Crippen LogP contribution in [0.3, 0.4) is 0 Å². The van der Waals surface area contributed by atoms with Crippen LogP contribution in [0, 0.1) is 10.1 Å². The Bertz CT molecular complexity index is 919. The molecule has 0 aliphatic carbocycles. The summed E-state index contributed by atoms with van der Waals surface area (Å²) in [4.78, 5) is 37.9. The van der Waals surface area contributed by atoms with Crippen LogP contribution in [-0.4, -0.2) is 43.0 Å². The van der Waals surface area contributed by atoms with Crippen molar-refractivity contribution in [1.29, 1.82) is 0 Å². The van der Waals surface area contributed by atoms with Crippen LogP contribution in [0.4, 0.5) is 11.4 Å². The summed E-state index contributed by atoms with van der Waals surface area (Å²) in [5.41, 5.74) is 0.761. The van der Waals surface area contributed by atoms with Crippen LogP contribution >= 0.6 is 0 Å². The highest BCUT2D eigenvalue weighted by Gasteiger charge is 2.26. The minimum atomic E-state index is -1.03. The summed E-state index contributed by atoms with van der Waals surface area (Å²) in [5.74, 6) is -0.545. The van der Waals surface area contributed by atoms with Crippen LogP contribution in [0.1, 0.15) is 40.5 Å². The predicted octanol–water partition coefficient (Wildman–Crippen LogP) is 3.63. The van der Waals surface area contributed by atoms with E-state index in [-0.39, 0.29) is 17.0 Å². The maximum Gasteiger partial charge on any atom is 0.339 e. The van der Waals surface area contributed by atoms with Crippen molar-refractivity contribution in [3.63, 3.8) is 0 Å². The van der Waals surface area contributed by atoms with E-state index in [1.807, 2.05) is 4.90 Å². The monoisotopic (exact) mass is 398 g/mol. The second kappa shape index (κ2) is 8.72. The first-order chi connectivity index (χ1) is 13.9. The summed E-state index contributed by atoms with van der Waals surface area (Å²) >= 11 is 0. The van der Waals surface area contributed by atoms with E-state index >= 15 is 0 Å². The number of hydrogen-bond acceptors (Lipinski definition) is 7. The number of carbonyl (C=O) groups is 2. The van der Waals surface area contributed by atoms with Gasteiger partial charge in [-0.2, -0.15) is 0 Å². The van der Waals surface area contributed by atoms with Gasteiger partial charge in [-0.1, -0.05) is 0 Å². The molecule has 29 heavy (non-hydrogen) atoms. The van der Waals surface area contributed by atoms with Crippen molar-refractivity contribution in [2.75, 3.05) is 25.1 Å². The molecule has 8 nitrogen and oxygen atoms in total. The summed E-state index contributed by atoms with van der Waals surface area (Å²) in [6.45, 7) is 2.97. The SMILES string of the molecule is COc1ccc(C(=O)C(C)OC(=O)c2ccc(N3CCCC3)c([N+](=O)[O-])c2)cc1. The first-order valence-corrected chi connectivity index (χ1v) is 9.33. The molecule has 0 spiro atoms. The molecule has 0 saturated carbocycles. The molecule has 1 saturated heterocycles. The van der Waals surface area contributed by atoms with Crippen LogP contribution < -0.4 is 9.64 Å². The lowest BCUT2D eigenvalue weighted by Crippen LogP contribution is -2.24. The molecule has 1 aliphatic heterocycles. The largest absolute Gasteiger partial charge is 0.497 e. The number of benzene rings is 2. The summed E-state index contributed by atoms with van der Waals surface area (Å²) in [5, 5.41) is 11.5. The van der Waals surface area contributed by atoms with Crippen LogP contribution in [-0.2, 0) is 4.74 Å². The Labute approximate surface area is 168 Å². The Morgan fingerprint density at radius 1 is 1.07 bits per heavy atom. The topological polar surface area (TPSA) is 99.0 Å². The second-order valence-corrected chi connectivity index (χ2v) is 6.80. The van der Waals surface area contributed by atoms with Crippen molar-refractivity contribution in [2.24, 2.45) is 0 Å². The molecule has 2 aromatic carbocycles. The highest BCUT2D eigenvalue weighted by atomic mass is 16.6. The van der Waals surface area contributed by atoms with Crippen molar-refractivity contribution in [3.05, 3.63) is 63.7 Å². The van der Waals surface area contributed by atoms with E-state index in [0.29, 0.717) is 17.0 Å².